The lowest BCUT2D eigenvalue weighted by molar-refractivity contribution is 0.233. The molecule has 4 nitrogen and oxygen atoms in total. The van der Waals surface area contributed by atoms with Crippen molar-refractivity contribution in [2.24, 2.45) is 0 Å². The van der Waals surface area contributed by atoms with Gasteiger partial charge in [0, 0.05) is 45.1 Å². The number of hydrogen-bond donors (Lipinski definition) is 1. The maximum atomic E-state index is 4.34. The molecular weight excluding hydrogens is 296 g/mol. The van der Waals surface area contributed by atoms with Crippen molar-refractivity contribution in [3.05, 3.63) is 72.6 Å². The fourth-order valence-corrected chi connectivity index (χ4v) is 3.29. The van der Waals surface area contributed by atoms with E-state index >= 15 is 0 Å². The quantitative estimate of drug-likeness (QED) is 0.803. The molecule has 0 saturated carbocycles. The second-order valence-corrected chi connectivity index (χ2v) is 6.18. The van der Waals surface area contributed by atoms with Gasteiger partial charge in [-0.05, 0) is 34.9 Å². The lowest BCUT2D eigenvalue weighted by atomic mass is 9.98. The van der Waals surface area contributed by atoms with Crippen molar-refractivity contribution in [1.29, 1.82) is 0 Å². The molecule has 0 amide bonds. The smallest absolute Gasteiger partial charge is 0.0651 e. The number of nitrogens with one attached hydrogen (secondary N) is 1. The van der Waals surface area contributed by atoms with Crippen LogP contribution in [-0.4, -0.2) is 40.9 Å². The minimum Gasteiger partial charge on any atom is -0.314 e. The van der Waals surface area contributed by atoms with Crippen molar-refractivity contribution in [1.82, 2.24) is 20.0 Å². The zero-order valence-corrected chi connectivity index (χ0v) is 13.7. The maximum absolute atomic E-state index is 4.34. The summed E-state index contributed by atoms with van der Waals surface area (Å²) in [6.45, 7) is 5.39. The Morgan fingerprint density at radius 3 is 2.67 bits per heavy atom. The molecular formula is C20H22N4. The van der Waals surface area contributed by atoms with Gasteiger partial charge < -0.3 is 5.32 Å². The van der Waals surface area contributed by atoms with E-state index in [0.717, 1.165) is 38.4 Å². The molecule has 3 aromatic rings. The summed E-state index contributed by atoms with van der Waals surface area (Å²) in [6, 6.07) is 19.3. The van der Waals surface area contributed by atoms with E-state index in [2.05, 4.69) is 63.8 Å². The highest BCUT2D eigenvalue weighted by Crippen LogP contribution is 2.26. The van der Waals surface area contributed by atoms with Gasteiger partial charge in [-0.2, -0.15) is 5.10 Å². The number of benzene rings is 2. The van der Waals surface area contributed by atoms with Crippen LogP contribution in [0.1, 0.15) is 5.56 Å². The first-order chi connectivity index (χ1) is 11.9. The minimum atomic E-state index is 1.00. The van der Waals surface area contributed by atoms with Gasteiger partial charge in [-0.1, -0.05) is 36.4 Å². The van der Waals surface area contributed by atoms with Crippen molar-refractivity contribution in [2.45, 2.75) is 6.54 Å². The Balaban J connectivity index is 1.65. The first kappa shape index (κ1) is 15.1. The fraction of sp³-hybridized carbons (Fsp3) is 0.250. The molecule has 0 spiro atoms. The molecule has 1 aliphatic heterocycles. The number of nitrogens with zero attached hydrogens (tertiary/aromatic N) is 3. The number of aromatic nitrogens is 2. The van der Waals surface area contributed by atoms with E-state index in [1.54, 1.807) is 0 Å². The van der Waals surface area contributed by atoms with E-state index < -0.39 is 0 Å². The highest BCUT2D eigenvalue weighted by Gasteiger charge is 2.13. The van der Waals surface area contributed by atoms with Crippen LogP contribution in [0.15, 0.2) is 67.0 Å². The van der Waals surface area contributed by atoms with Gasteiger partial charge in [0.1, 0.15) is 0 Å². The second kappa shape index (κ2) is 6.99. The molecule has 0 bridgehead atoms. The maximum Gasteiger partial charge on any atom is 0.0651 e. The Morgan fingerprint density at radius 1 is 0.958 bits per heavy atom. The highest BCUT2D eigenvalue weighted by atomic mass is 15.3. The van der Waals surface area contributed by atoms with Gasteiger partial charge in [0.2, 0.25) is 0 Å². The van der Waals surface area contributed by atoms with Gasteiger partial charge in [0.25, 0.3) is 0 Å². The Morgan fingerprint density at radius 2 is 1.83 bits per heavy atom. The van der Waals surface area contributed by atoms with Crippen LogP contribution < -0.4 is 5.32 Å². The van der Waals surface area contributed by atoms with Gasteiger partial charge in [0.05, 0.1) is 5.69 Å². The van der Waals surface area contributed by atoms with Crippen molar-refractivity contribution in [3.8, 4) is 16.8 Å². The van der Waals surface area contributed by atoms with Crippen LogP contribution >= 0.6 is 0 Å². The summed E-state index contributed by atoms with van der Waals surface area (Å²) in [4.78, 5) is 2.52. The van der Waals surface area contributed by atoms with Gasteiger partial charge in [-0.15, -0.1) is 0 Å². The summed E-state index contributed by atoms with van der Waals surface area (Å²) in [5, 5.41) is 7.76. The van der Waals surface area contributed by atoms with Crippen molar-refractivity contribution >= 4 is 0 Å². The SMILES string of the molecule is c1cc(-c2ccccc2CN2CCNCC2)cc(-n2cccn2)c1. The van der Waals surface area contributed by atoms with Crippen molar-refractivity contribution in [3.63, 3.8) is 0 Å². The fourth-order valence-electron chi connectivity index (χ4n) is 3.29. The average Bonchev–Trinajstić information content (AvgIpc) is 3.18. The van der Waals surface area contributed by atoms with E-state index in [4.69, 9.17) is 0 Å². The van der Waals surface area contributed by atoms with Gasteiger partial charge >= 0.3 is 0 Å². The summed E-state index contributed by atoms with van der Waals surface area (Å²) in [5.74, 6) is 0. The second-order valence-electron chi connectivity index (χ2n) is 6.18. The molecule has 2 heterocycles. The van der Waals surface area contributed by atoms with E-state index in [0.29, 0.717) is 0 Å². The lowest BCUT2D eigenvalue weighted by Gasteiger charge is -2.28. The molecule has 0 radical (unpaired) electrons. The minimum absolute atomic E-state index is 1.00. The molecule has 24 heavy (non-hydrogen) atoms. The summed E-state index contributed by atoms with van der Waals surface area (Å²) in [5.41, 5.74) is 5.03. The molecule has 0 unspecified atom stereocenters. The van der Waals surface area contributed by atoms with E-state index in [1.165, 1.54) is 16.7 Å². The molecule has 4 rings (SSSR count). The average molecular weight is 318 g/mol. The normalized spacial score (nSPS) is 15.5. The van der Waals surface area contributed by atoms with Crippen LogP contribution in [0, 0.1) is 0 Å². The molecule has 0 aliphatic carbocycles. The Bertz CT molecular complexity index is 789. The first-order valence-corrected chi connectivity index (χ1v) is 8.51. The summed E-state index contributed by atoms with van der Waals surface area (Å²) in [7, 11) is 0. The van der Waals surface area contributed by atoms with Crippen LogP contribution in [0.2, 0.25) is 0 Å². The lowest BCUT2D eigenvalue weighted by Crippen LogP contribution is -2.42. The van der Waals surface area contributed by atoms with Crippen molar-refractivity contribution < 1.29 is 0 Å². The van der Waals surface area contributed by atoms with E-state index in [9.17, 15) is 0 Å². The van der Waals surface area contributed by atoms with Crippen LogP contribution in [0.4, 0.5) is 0 Å². The van der Waals surface area contributed by atoms with Gasteiger partial charge in [-0.25, -0.2) is 4.68 Å². The van der Waals surface area contributed by atoms with Crippen LogP contribution in [0.25, 0.3) is 16.8 Å². The molecule has 0 atom stereocenters. The van der Waals surface area contributed by atoms with E-state index in [-0.39, 0.29) is 0 Å². The van der Waals surface area contributed by atoms with Gasteiger partial charge in [0.15, 0.2) is 0 Å². The predicted molar refractivity (Wildman–Crippen MR) is 97.1 cm³/mol. The molecule has 1 saturated heterocycles. The third-order valence-electron chi connectivity index (χ3n) is 4.55. The Kier molecular flexibility index (Phi) is 4.40. The Hall–Kier alpha value is -2.43. The molecule has 1 N–H and O–H groups in total. The summed E-state index contributed by atoms with van der Waals surface area (Å²) >= 11 is 0. The Labute approximate surface area is 142 Å². The van der Waals surface area contributed by atoms with E-state index in [1.807, 2.05) is 23.1 Å². The molecule has 122 valence electrons. The van der Waals surface area contributed by atoms with Crippen molar-refractivity contribution in [2.75, 3.05) is 26.2 Å². The highest BCUT2D eigenvalue weighted by molar-refractivity contribution is 5.69. The molecule has 1 fully saturated rings. The third kappa shape index (κ3) is 3.25. The van der Waals surface area contributed by atoms with Crippen LogP contribution in [0.5, 0.6) is 0 Å². The molecule has 4 heteroatoms. The zero-order chi connectivity index (χ0) is 16.2. The summed E-state index contributed by atoms with van der Waals surface area (Å²) in [6.07, 6.45) is 3.79. The molecule has 1 aliphatic rings. The number of rotatable bonds is 4. The van der Waals surface area contributed by atoms with Gasteiger partial charge in [-0.3, -0.25) is 4.90 Å². The van der Waals surface area contributed by atoms with Crippen LogP contribution in [-0.2, 0) is 6.54 Å². The monoisotopic (exact) mass is 318 g/mol. The first-order valence-electron chi connectivity index (χ1n) is 8.51. The number of hydrogen-bond acceptors (Lipinski definition) is 3. The summed E-state index contributed by atoms with van der Waals surface area (Å²) < 4.78 is 1.91. The molecule has 1 aromatic heterocycles. The van der Waals surface area contributed by atoms with Crippen LogP contribution in [0.3, 0.4) is 0 Å². The predicted octanol–water partition coefficient (Wildman–Crippen LogP) is 2.94. The standard InChI is InChI=1S/C20H22N4/c1-2-8-20(18(5-1)16-23-13-10-21-11-14-23)17-6-3-7-19(15-17)24-12-4-9-22-24/h1-9,12,15,21H,10-11,13-14,16H2. The zero-order valence-electron chi connectivity index (χ0n) is 13.7. The topological polar surface area (TPSA) is 33.1 Å². The largest absolute Gasteiger partial charge is 0.314 e. The third-order valence-corrected chi connectivity index (χ3v) is 4.55. The molecule has 2 aromatic carbocycles. The number of piperazine rings is 1.